The van der Waals surface area contributed by atoms with E-state index in [0.29, 0.717) is 17.5 Å². The molecular formula is C49H34N3OP. The average molecular weight is 712 g/mol. The first-order valence-electron chi connectivity index (χ1n) is 18.0. The minimum Gasteiger partial charge on any atom is -0.309 e. The van der Waals surface area contributed by atoms with E-state index in [-0.39, 0.29) is 0 Å². The summed E-state index contributed by atoms with van der Waals surface area (Å²) in [5.41, 5.74) is 7.22. The van der Waals surface area contributed by atoms with E-state index >= 15 is 0 Å². The van der Waals surface area contributed by atoms with Crippen LogP contribution in [0.2, 0.25) is 0 Å². The molecule has 4 nitrogen and oxygen atoms in total. The molecule has 0 aliphatic rings. The summed E-state index contributed by atoms with van der Waals surface area (Å²) in [4.78, 5) is 14.6. The molecule has 256 valence electrons. The van der Waals surface area contributed by atoms with Crippen molar-refractivity contribution in [2.75, 3.05) is 0 Å². The topological polar surface area (TPSA) is 55.7 Å². The van der Waals surface area contributed by atoms with Crippen LogP contribution in [0.4, 0.5) is 0 Å². The molecule has 0 N–H and O–H groups in total. The molecule has 5 heteroatoms. The minimum atomic E-state index is -3.04. The van der Waals surface area contributed by atoms with Crippen LogP contribution in [0.25, 0.3) is 67.2 Å². The van der Waals surface area contributed by atoms with E-state index in [4.69, 9.17) is 15.0 Å². The van der Waals surface area contributed by atoms with Gasteiger partial charge in [0.2, 0.25) is 0 Å². The Hall–Kier alpha value is -6.74. The van der Waals surface area contributed by atoms with Crippen molar-refractivity contribution in [3.63, 3.8) is 0 Å². The lowest BCUT2D eigenvalue weighted by Gasteiger charge is -2.20. The molecule has 9 aromatic rings. The van der Waals surface area contributed by atoms with E-state index in [2.05, 4.69) is 72.8 Å². The van der Waals surface area contributed by atoms with Gasteiger partial charge in [0.05, 0.1) is 0 Å². The Morgan fingerprint density at radius 1 is 0.278 bits per heavy atom. The third-order valence-corrected chi connectivity index (χ3v) is 12.9. The highest BCUT2D eigenvalue weighted by atomic mass is 31.2. The van der Waals surface area contributed by atoms with Crippen LogP contribution in [-0.4, -0.2) is 15.0 Å². The largest absolute Gasteiger partial charge is 0.309 e. The summed E-state index contributed by atoms with van der Waals surface area (Å²) in [6.45, 7) is 0. The van der Waals surface area contributed by atoms with Crippen LogP contribution < -0.4 is 15.9 Å². The van der Waals surface area contributed by atoms with Crippen molar-refractivity contribution in [2.24, 2.45) is 0 Å². The lowest BCUT2D eigenvalue weighted by atomic mass is 9.97. The summed E-state index contributed by atoms with van der Waals surface area (Å²) in [5.74, 6) is 1.92. The third-order valence-electron chi connectivity index (χ3n) is 9.82. The molecule has 0 aliphatic carbocycles. The summed E-state index contributed by atoms with van der Waals surface area (Å²) in [5, 5.41) is 4.80. The number of fused-ring (bicyclic) bond motifs is 1. The number of rotatable bonds is 8. The van der Waals surface area contributed by atoms with Crippen molar-refractivity contribution in [3.8, 4) is 56.4 Å². The maximum atomic E-state index is 14.9. The second-order valence-electron chi connectivity index (χ2n) is 13.2. The Kier molecular flexibility index (Phi) is 8.80. The van der Waals surface area contributed by atoms with Gasteiger partial charge in [-0.15, -0.1) is 0 Å². The molecule has 0 amide bonds. The average Bonchev–Trinajstić information content (AvgIpc) is 3.27. The molecule has 9 rings (SSSR count). The quantitative estimate of drug-likeness (QED) is 0.147. The predicted octanol–water partition coefficient (Wildman–Crippen LogP) is 11.0. The Morgan fingerprint density at radius 2 is 0.593 bits per heavy atom. The van der Waals surface area contributed by atoms with E-state index in [1.807, 2.05) is 133 Å². The second-order valence-corrected chi connectivity index (χ2v) is 16.0. The number of benzene rings is 8. The number of hydrogen-bond acceptors (Lipinski definition) is 4. The molecule has 0 spiro atoms. The van der Waals surface area contributed by atoms with E-state index in [9.17, 15) is 4.57 Å². The highest BCUT2D eigenvalue weighted by Gasteiger charge is 2.29. The second kappa shape index (κ2) is 14.4. The summed E-state index contributed by atoms with van der Waals surface area (Å²) in [7, 11) is -3.04. The van der Waals surface area contributed by atoms with Crippen molar-refractivity contribution in [3.05, 3.63) is 206 Å². The molecule has 1 aromatic heterocycles. The molecule has 0 saturated heterocycles. The van der Waals surface area contributed by atoms with Crippen LogP contribution in [0.3, 0.4) is 0 Å². The standard InChI is InChI=1S/C49H34N3OP/c53-54(44-17-9-3-10-18-44,45-19-11-4-12-20-45)46-31-29-36(30-32-46)42-28-24-37-23-27-41(33-43(37)34-42)35-21-25-40(26-22-35)49-51-47(38-13-5-1-6-14-38)50-48(52-49)39-15-7-2-8-16-39/h1-34H. The lowest BCUT2D eigenvalue weighted by molar-refractivity contribution is 0.592. The molecule has 0 aliphatic heterocycles. The van der Waals surface area contributed by atoms with Gasteiger partial charge in [-0.05, 0) is 45.2 Å². The zero-order valence-electron chi connectivity index (χ0n) is 29.3. The van der Waals surface area contributed by atoms with Gasteiger partial charge in [0.1, 0.15) is 0 Å². The van der Waals surface area contributed by atoms with Gasteiger partial charge >= 0.3 is 0 Å². The van der Waals surface area contributed by atoms with Crippen LogP contribution in [0, 0.1) is 0 Å². The predicted molar refractivity (Wildman–Crippen MR) is 224 cm³/mol. The Balaban J connectivity index is 1.02. The molecule has 0 bridgehead atoms. The van der Waals surface area contributed by atoms with Gasteiger partial charge in [-0.25, -0.2) is 15.0 Å². The van der Waals surface area contributed by atoms with Crippen LogP contribution in [-0.2, 0) is 4.57 Å². The Labute approximate surface area is 314 Å². The van der Waals surface area contributed by atoms with Crippen molar-refractivity contribution >= 4 is 33.8 Å². The van der Waals surface area contributed by atoms with Crippen LogP contribution >= 0.6 is 7.14 Å². The molecular weight excluding hydrogens is 678 g/mol. The molecule has 8 aromatic carbocycles. The highest BCUT2D eigenvalue weighted by Crippen LogP contribution is 2.42. The Morgan fingerprint density at radius 3 is 1.02 bits per heavy atom. The van der Waals surface area contributed by atoms with E-state index in [1.165, 1.54) is 5.39 Å². The summed E-state index contributed by atoms with van der Waals surface area (Å²) >= 11 is 0. The van der Waals surface area contributed by atoms with Gasteiger partial charge < -0.3 is 4.57 Å². The van der Waals surface area contributed by atoms with E-state index in [1.54, 1.807) is 0 Å². The fraction of sp³-hybridized carbons (Fsp3) is 0. The molecule has 0 atom stereocenters. The number of aromatic nitrogens is 3. The van der Waals surface area contributed by atoms with Gasteiger partial charge in [0, 0.05) is 32.6 Å². The first-order valence-corrected chi connectivity index (χ1v) is 19.7. The summed E-state index contributed by atoms with van der Waals surface area (Å²) in [6.07, 6.45) is 0. The number of hydrogen-bond donors (Lipinski definition) is 0. The molecule has 0 fully saturated rings. The molecule has 1 heterocycles. The summed E-state index contributed by atoms with van der Waals surface area (Å²) < 4.78 is 14.9. The normalized spacial score (nSPS) is 11.4. The SMILES string of the molecule is O=P(c1ccccc1)(c1ccccc1)c1ccc(-c2ccc3ccc(-c4ccc(-c5nc(-c6ccccc6)nc(-c6ccccc6)n5)cc4)cc3c2)cc1. The fourth-order valence-electron chi connectivity index (χ4n) is 6.94. The van der Waals surface area contributed by atoms with Crippen LogP contribution in [0.1, 0.15) is 0 Å². The zero-order chi connectivity index (χ0) is 36.3. The van der Waals surface area contributed by atoms with Crippen molar-refractivity contribution in [1.82, 2.24) is 15.0 Å². The van der Waals surface area contributed by atoms with Gasteiger partial charge in [0.25, 0.3) is 0 Å². The highest BCUT2D eigenvalue weighted by molar-refractivity contribution is 7.85. The van der Waals surface area contributed by atoms with E-state index < -0.39 is 7.14 Å². The Bertz CT molecular complexity index is 2650. The van der Waals surface area contributed by atoms with Gasteiger partial charge in [-0.2, -0.15) is 0 Å². The molecule has 0 saturated carbocycles. The molecule has 0 unspecified atom stereocenters. The van der Waals surface area contributed by atoms with E-state index in [0.717, 1.165) is 60.2 Å². The third kappa shape index (κ3) is 6.45. The van der Waals surface area contributed by atoms with Gasteiger partial charge in [0.15, 0.2) is 24.6 Å². The van der Waals surface area contributed by atoms with Crippen molar-refractivity contribution in [1.29, 1.82) is 0 Å². The van der Waals surface area contributed by atoms with Crippen molar-refractivity contribution < 1.29 is 4.57 Å². The van der Waals surface area contributed by atoms with Gasteiger partial charge in [-0.3, -0.25) is 0 Å². The zero-order valence-corrected chi connectivity index (χ0v) is 30.2. The number of nitrogens with zero attached hydrogens (tertiary/aromatic N) is 3. The van der Waals surface area contributed by atoms with Gasteiger partial charge in [-0.1, -0.05) is 194 Å². The first kappa shape index (κ1) is 33.1. The lowest BCUT2D eigenvalue weighted by Crippen LogP contribution is -2.24. The maximum Gasteiger partial charge on any atom is 0.171 e. The molecule has 0 radical (unpaired) electrons. The van der Waals surface area contributed by atoms with Crippen LogP contribution in [0.15, 0.2) is 206 Å². The van der Waals surface area contributed by atoms with Crippen molar-refractivity contribution in [2.45, 2.75) is 0 Å². The summed E-state index contributed by atoms with van der Waals surface area (Å²) in [6, 6.07) is 69.4. The maximum absolute atomic E-state index is 14.9. The minimum absolute atomic E-state index is 0.632. The smallest absolute Gasteiger partial charge is 0.171 e. The van der Waals surface area contributed by atoms with Crippen LogP contribution in [0.5, 0.6) is 0 Å². The first-order chi connectivity index (χ1) is 26.6. The fourth-order valence-corrected chi connectivity index (χ4v) is 9.59. The molecule has 54 heavy (non-hydrogen) atoms. The monoisotopic (exact) mass is 711 g/mol.